The normalized spacial score (nSPS) is 10.5. The van der Waals surface area contributed by atoms with E-state index in [4.69, 9.17) is 0 Å². The van der Waals surface area contributed by atoms with Gasteiger partial charge < -0.3 is 5.32 Å². The van der Waals surface area contributed by atoms with Crippen molar-refractivity contribution in [2.75, 3.05) is 10.6 Å². The highest BCUT2D eigenvalue weighted by Crippen LogP contribution is 2.19. The van der Waals surface area contributed by atoms with Gasteiger partial charge in [0.25, 0.3) is 5.91 Å². The van der Waals surface area contributed by atoms with Gasteiger partial charge in [0.2, 0.25) is 0 Å². The molecule has 0 spiro atoms. The van der Waals surface area contributed by atoms with Crippen molar-refractivity contribution in [3.05, 3.63) is 76.3 Å². The number of hydrogen-bond donors (Lipinski definition) is 2. The number of nitrogens with zero attached hydrogens (tertiary/aromatic N) is 1. The Bertz CT molecular complexity index is 871. The van der Waals surface area contributed by atoms with Crippen LogP contribution in [-0.2, 0) is 13.0 Å². The summed E-state index contributed by atoms with van der Waals surface area (Å²) in [6.07, 6.45) is 2.19. The van der Waals surface area contributed by atoms with Crippen LogP contribution in [0.3, 0.4) is 0 Å². The van der Waals surface area contributed by atoms with Gasteiger partial charge in [-0.15, -0.1) is 11.3 Å². The Hall–Kier alpha value is -2.66. The first kappa shape index (κ1) is 18.1. The van der Waals surface area contributed by atoms with Crippen LogP contribution in [-0.4, -0.2) is 10.9 Å². The van der Waals surface area contributed by atoms with Gasteiger partial charge in [0.05, 0.1) is 5.69 Å². The van der Waals surface area contributed by atoms with Crippen LogP contribution in [0.4, 0.5) is 10.8 Å². The van der Waals surface area contributed by atoms with E-state index in [2.05, 4.69) is 46.8 Å². The summed E-state index contributed by atoms with van der Waals surface area (Å²) in [5, 5.41) is 8.88. The van der Waals surface area contributed by atoms with Crippen LogP contribution in [0, 0.1) is 6.92 Å². The Labute approximate surface area is 158 Å². The highest BCUT2D eigenvalue weighted by molar-refractivity contribution is 7.13. The van der Waals surface area contributed by atoms with E-state index in [-0.39, 0.29) is 5.91 Å². The van der Waals surface area contributed by atoms with Gasteiger partial charge in [-0.25, -0.2) is 4.98 Å². The summed E-state index contributed by atoms with van der Waals surface area (Å²) in [7, 11) is 0. The topological polar surface area (TPSA) is 54.0 Å². The van der Waals surface area contributed by atoms with E-state index < -0.39 is 0 Å². The van der Waals surface area contributed by atoms with E-state index in [1.54, 1.807) is 0 Å². The van der Waals surface area contributed by atoms with Crippen LogP contribution >= 0.6 is 11.3 Å². The van der Waals surface area contributed by atoms with Crippen molar-refractivity contribution < 1.29 is 4.79 Å². The van der Waals surface area contributed by atoms with Crippen molar-refractivity contribution in [2.45, 2.75) is 33.2 Å². The number of thiazole rings is 1. The molecule has 2 aromatic carbocycles. The van der Waals surface area contributed by atoms with E-state index in [0.717, 1.165) is 30.6 Å². The van der Waals surface area contributed by atoms with Gasteiger partial charge in [0.15, 0.2) is 5.13 Å². The first-order valence-corrected chi connectivity index (χ1v) is 9.68. The van der Waals surface area contributed by atoms with Crippen LogP contribution in [0.5, 0.6) is 0 Å². The Morgan fingerprint density at radius 1 is 1.12 bits per heavy atom. The zero-order valence-corrected chi connectivity index (χ0v) is 15.9. The average Bonchev–Trinajstić information content (AvgIpc) is 3.06. The van der Waals surface area contributed by atoms with E-state index >= 15 is 0 Å². The fourth-order valence-electron chi connectivity index (χ4n) is 2.73. The van der Waals surface area contributed by atoms with Gasteiger partial charge in [-0.05, 0) is 42.7 Å². The van der Waals surface area contributed by atoms with Crippen LogP contribution < -0.4 is 10.6 Å². The maximum Gasteiger partial charge on any atom is 0.257 e. The molecule has 0 saturated heterocycles. The lowest BCUT2D eigenvalue weighted by Crippen LogP contribution is -2.12. The summed E-state index contributed by atoms with van der Waals surface area (Å²) < 4.78 is 0. The lowest BCUT2D eigenvalue weighted by Gasteiger charge is -2.12. The molecule has 2 N–H and O–H groups in total. The molecule has 4 nitrogen and oxygen atoms in total. The van der Waals surface area contributed by atoms with Crippen LogP contribution in [0.15, 0.2) is 53.9 Å². The van der Waals surface area contributed by atoms with Crippen LogP contribution in [0.1, 0.15) is 40.5 Å². The largest absolute Gasteiger partial charge is 0.381 e. The molecular weight excluding hydrogens is 342 g/mol. The van der Waals surface area contributed by atoms with Crippen molar-refractivity contribution in [2.24, 2.45) is 0 Å². The van der Waals surface area contributed by atoms with E-state index in [1.165, 1.54) is 22.6 Å². The molecule has 0 atom stereocenters. The quantitative estimate of drug-likeness (QED) is 0.600. The summed E-state index contributed by atoms with van der Waals surface area (Å²) in [5.41, 5.74) is 5.20. The Morgan fingerprint density at radius 2 is 1.88 bits per heavy atom. The summed E-state index contributed by atoms with van der Waals surface area (Å²) in [4.78, 5) is 16.5. The Morgan fingerprint density at radius 3 is 2.58 bits per heavy atom. The molecule has 0 unspecified atom stereocenters. The number of benzene rings is 2. The Balaban J connectivity index is 1.60. The molecule has 0 aliphatic carbocycles. The predicted octanol–water partition coefficient (Wildman–Crippen LogP) is 5.27. The molecule has 0 saturated carbocycles. The SMILES string of the molecule is CCCc1ccccc1NCc1ccc(C(=O)Nc2nc(C)cs2)cc1. The summed E-state index contributed by atoms with van der Waals surface area (Å²) in [6.45, 7) is 4.83. The third-order valence-corrected chi connectivity index (χ3v) is 4.95. The lowest BCUT2D eigenvalue weighted by molar-refractivity contribution is 0.102. The molecule has 0 fully saturated rings. The van der Waals surface area contributed by atoms with Crippen molar-refractivity contribution in [3.63, 3.8) is 0 Å². The summed E-state index contributed by atoms with van der Waals surface area (Å²) in [6, 6.07) is 16.1. The number of anilines is 2. The number of aromatic nitrogens is 1. The third kappa shape index (κ3) is 4.70. The monoisotopic (exact) mass is 365 g/mol. The van der Waals surface area contributed by atoms with Crippen molar-refractivity contribution in [1.29, 1.82) is 0 Å². The highest BCUT2D eigenvalue weighted by Gasteiger charge is 2.08. The zero-order valence-electron chi connectivity index (χ0n) is 15.1. The Kier molecular flexibility index (Phi) is 6.02. The molecule has 0 bridgehead atoms. The molecule has 1 amide bonds. The second kappa shape index (κ2) is 8.63. The molecule has 26 heavy (non-hydrogen) atoms. The highest BCUT2D eigenvalue weighted by atomic mass is 32.1. The predicted molar refractivity (Wildman–Crippen MR) is 109 cm³/mol. The molecule has 0 aliphatic heterocycles. The molecule has 0 aliphatic rings. The smallest absolute Gasteiger partial charge is 0.257 e. The number of nitrogens with one attached hydrogen (secondary N) is 2. The second-order valence-corrected chi connectivity index (χ2v) is 7.06. The van der Waals surface area contributed by atoms with Crippen LogP contribution in [0.2, 0.25) is 0 Å². The van der Waals surface area contributed by atoms with Gasteiger partial charge in [-0.2, -0.15) is 0 Å². The number of aryl methyl sites for hydroxylation is 2. The number of hydrogen-bond acceptors (Lipinski definition) is 4. The molecule has 1 aromatic heterocycles. The minimum absolute atomic E-state index is 0.132. The van der Waals surface area contributed by atoms with Crippen molar-refractivity contribution in [3.8, 4) is 0 Å². The number of carbonyl (C=O) groups is 1. The summed E-state index contributed by atoms with van der Waals surface area (Å²) >= 11 is 1.43. The minimum atomic E-state index is -0.132. The van der Waals surface area contributed by atoms with E-state index in [0.29, 0.717) is 10.7 Å². The van der Waals surface area contributed by atoms with Gasteiger partial charge in [0.1, 0.15) is 0 Å². The third-order valence-electron chi connectivity index (χ3n) is 4.08. The van der Waals surface area contributed by atoms with Crippen LogP contribution in [0.25, 0.3) is 0 Å². The van der Waals surface area contributed by atoms with Gasteiger partial charge in [-0.1, -0.05) is 43.7 Å². The fraction of sp³-hybridized carbons (Fsp3) is 0.238. The molecular formula is C21H23N3OS. The van der Waals surface area contributed by atoms with Gasteiger partial charge in [0, 0.05) is 23.2 Å². The van der Waals surface area contributed by atoms with E-state index in [1.807, 2.05) is 36.6 Å². The molecule has 5 heteroatoms. The number of rotatable bonds is 7. The standard InChI is InChI=1S/C21H23N3OS/c1-3-6-17-7-4-5-8-19(17)22-13-16-9-11-18(12-10-16)20(25)24-21-23-15(2)14-26-21/h4-5,7-12,14,22H,3,6,13H2,1-2H3,(H,23,24,25). The first-order chi connectivity index (χ1) is 12.7. The first-order valence-electron chi connectivity index (χ1n) is 8.80. The van der Waals surface area contributed by atoms with Gasteiger partial charge >= 0.3 is 0 Å². The molecule has 3 aromatic rings. The fourth-order valence-corrected chi connectivity index (χ4v) is 3.42. The van der Waals surface area contributed by atoms with E-state index in [9.17, 15) is 4.79 Å². The molecule has 134 valence electrons. The molecule has 3 rings (SSSR count). The number of para-hydroxylation sites is 1. The maximum absolute atomic E-state index is 12.3. The molecule has 0 radical (unpaired) electrons. The van der Waals surface area contributed by atoms with Gasteiger partial charge in [-0.3, -0.25) is 10.1 Å². The lowest BCUT2D eigenvalue weighted by atomic mass is 10.1. The minimum Gasteiger partial charge on any atom is -0.381 e. The summed E-state index contributed by atoms with van der Waals surface area (Å²) in [5.74, 6) is -0.132. The second-order valence-electron chi connectivity index (χ2n) is 6.21. The zero-order chi connectivity index (χ0) is 18.4. The van der Waals surface area contributed by atoms with Crippen molar-refractivity contribution in [1.82, 2.24) is 4.98 Å². The number of amides is 1. The number of carbonyl (C=O) groups excluding carboxylic acids is 1. The van der Waals surface area contributed by atoms with Crippen molar-refractivity contribution >= 4 is 28.1 Å². The molecule has 1 heterocycles. The average molecular weight is 366 g/mol. The maximum atomic E-state index is 12.3.